The van der Waals surface area contributed by atoms with Gasteiger partial charge in [0, 0.05) is 0 Å². The molecule has 0 unspecified atom stereocenters. The first-order valence-corrected chi connectivity index (χ1v) is 6.51. The molecule has 5 N–H and O–H groups in total. The summed E-state index contributed by atoms with van der Waals surface area (Å²) >= 11 is 0. The first kappa shape index (κ1) is 15.5. The zero-order valence-electron chi connectivity index (χ0n) is 9.97. The van der Waals surface area contributed by atoms with Crippen LogP contribution in [0.3, 0.4) is 0 Å². The number of phosphoric acid groups is 1. The molecule has 0 saturated heterocycles. The molecule has 0 aliphatic carbocycles. The molecular weight excluding hydrogens is 283 g/mol. The zero-order chi connectivity index (χ0) is 15.0. The number of aliphatic hydroxyl groups is 3. The topological polar surface area (TPSA) is 154 Å². The Morgan fingerprint density at radius 3 is 2.37 bits per heavy atom. The summed E-state index contributed by atoms with van der Waals surface area (Å²) in [6, 6.07) is 0. The minimum atomic E-state index is -5.06. The van der Waals surface area contributed by atoms with E-state index in [-0.39, 0.29) is 0 Å². The third-order valence-electron chi connectivity index (χ3n) is 2.21. The third-order valence-corrected chi connectivity index (χ3v) is 2.63. The van der Waals surface area contributed by atoms with Crippen LogP contribution in [-0.4, -0.2) is 43.3 Å². The summed E-state index contributed by atoms with van der Waals surface area (Å²) in [5, 5.41) is 28.7. The summed E-state index contributed by atoms with van der Waals surface area (Å²) in [7, 11) is -5.06. The number of esters is 1. The number of aliphatic hydroxyl groups excluding tert-OH is 3. The van der Waals surface area contributed by atoms with Crippen LogP contribution in [0.15, 0.2) is 22.9 Å². The number of phosphoric ester groups is 1. The molecule has 0 spiro atoms. The van der Waals surface area contributed by atoms with E-state index in [1.807, 2.05) is 0 Å². The lowest BCUT2D eigenvalue weighted by Crippen LogP contribution is -2.31. The third kappa shape index (κ3) is 3.48. The van der Waals surface area contributed by atoms with Gasteiger partial charge >= 0.3 is 13.8 Å². The van der Waals surface area contributed by atoms with Crippen LogP contribution in [0.5, 0.6) is 0 Å². The van der Waals surface area contributed by atoms with Crippen molar-refractivity contribution in [2.45, 2.75) is 26.1 Å². The van der Waals surface area contributed by atoms with E-state index in [4.69, 9.17) is 9.79 Å². The number of cyclic esters (lactones) is 1. The lowest BCUT2D eigenvalue weighted by Gasteiger charge is -2.17. The molecular formula is C9H13O9P. The second-order valence-corrected chi connectivity index (χ2v) is 5.12. The highest BCUT2D eigenvalue weighted by Crippen LogP contribution is 2.42. The molecule has 2 atom stereocenters. The summed E-state index contributed by atoms with van der Waals surface area (Å²) in [6.07, 6.45) is -3.46. The summed E-state index contributed by atoms with van der Waals surface area (Å²) < 4.78 is 19.0. The molecule has 0 saturated carbocycles. The van der Waals surface area contributed by atoms with Crippen molar-refractivity contribution in [3.63, 3.8) is 0 Å². The van der Waals surface area contributed by atoms with Crippen LogP contribution < -0.4 is 0 Å². The number of carbonyl (C=O) groups excluding carboxylic acids is 1. The molecule has 1 heterocycles. The minimum absolute atomic E-state index is 0.306. The van der Waals surface area contributed by atoms with Gasteiger partial charge in [-0.2, -0.15) is 0 Å². The lowest BCUT2D eigenvalue weighted by molar-refractivity contribution is -0.146. The largest absolute Gasteiger partial charge is 0.525 e. The first-order chi connectivity index (χ1) is 8.54. The molecule has 0 amide bonds. The van der Waals surface area contributed by atoms with Crippen molar-refractivity contribution in [2.75, 3.05) is 0 Å². The van der Waals surface area contributed by atoms with Crippen molar-refractivity contribution in [3.8, 4) is 0 Å². The second kappa shape index (κ2) is 5.22. The Labute approximate surface area is 107 Å². The Morgan fingerprint density at radius 1 is 1.42 bits per heavy atom. The maximum absolute atomic E-state index is 11.3. The zero-order valence-corrected chi connectivity index (χ0v) is 10.9. The van der Waals surface area contributed by atoms with E-state index in [1.165, 1.54) is 13.8 Å². The number of hydrogen-bond acceptors (Lipinski definition) is 7. The van der Waals surface area contributed by atoms with Crippen LogP contribution in [-0.2, 0) is 18.6 Å². The monoisotopic (exact) mass is 296 g/mol. The van der Waals surface area contributed by atoms with Gasteiger partial charge < -0.3 is 24.6 Å². The van der Waals surface area contributed by atoms with E-state index in [9.17, 15) is 24.7 Å². The normalized spacial score (nSPS) is 21.1. The molecule has 0 aromatic rings. The average Bonchev–Trinajstić information content (AvgIpc) is 2.53. The van der Waals surface area contributed by atoms with Crippen LogP contribution in [0.2, 0.25) is 0 Å². The number of allylic oxidation sites excluding steroid dienone is 1. The fraction of sp³-hybridized carbons (Fsp3) is 0.444. The number of hydrogen-bond donors (Lipinski definition) is 5. The predicted octanol–water partition coefficient (Wildman–Crippen LogP) is 0.00350. The summed E-state index contributed by atoms with van der Waals surface area (Å²) in [4.78, 5) is 28.4. The molecule has 0 aromatic heterocycles. The Hall–Kier alpha value is -1.54. The van der Waals surface area contributed by atoms with Gasteiger partial charge in [0.15, 0.2) is 18.0 Å². The minimum Gasteiger partial charge on any atom is -0.509 e. The van der Waals surface area contributed by atoms with Crippen molar-refractivity contribution in [2.24, 2.45) is 0 Å². The van der Waals surface area contributed by atoms with E-state index in [1.54, 1.807) is 0 Å². The number of carbonyl (C=O) groups is 1. The van der Waals surface area contributed by atoms with E-state index in [0.29, 0.717) is 5.57 Å². The molecule has 1 aliphatic rings. The van der Waals surface area contributed by atoms with Gasteiger partial charge in [-0.05, 0) is 19.4 Å². The van der Waals surface area contributed by atoms with Crippen LogP contribution in [0.25, 0.3) is 0 Å². The highest BCUT2D eigenvalue weighted by atomic mass is 31.2. The second-order valence-electron chi connectivity index (χ2n) is 3.95. The maximum atomic E-state index is 11.3. The van der Waals surface area contributed by atoms with E-state index in [0.717, 1.165) is 0 Å². The number of rotatable bonds is 4. The summed E-state index contributed by atoms with van der Waals surface area (Å²) in [5.74, 6) is -4.00. The quantitative estimate of drug-likeness (QED) is 0.274. The van der Waals surface area contributed by atoms with Crippen molar-refractivity contribution < 1.29 is 43.7 Å². The van der Waals surface area contributed by atoms with Gasteiger partial charge in [0.2, 0.25) is 0 Å². The van der Waals surface area contributed by atoms with Gasteiger partial charge in [-0.1, -0.05) is 0 Å². The lowest BCUT2D eigenvalue weighted by atomic mass is 10.1. The molecule has 108 valence electrons. The fourth-order valence-electron chi connectivity index (χ4n) is 1.31. The van der Waals surface area contributed by atoms with Gasteiger partial charge in [0.25, 0.3) is 5.76 Å². The molecule has 0 fully saturated rings. The summed E-state index contributed by atoms with van der Waals surface area (Å²) in [6.45, 7) is 2.92. The van der Waals surface area contributed by atoms with Gasteiger partial charge in [-0.15, -0.1) is 0 Å². The van der Waals surface area contributed by atoms with Gasteiger partial charge in [-0.3, -0.25) is 9.79 Å². The molecule has 1 aliphatic heterocycles. The highest BCUT2D eigenvalue weighted by molar-refractivity contribution is 7.46. The van der Waals surface area contributed by atoms with Crippen molar-refractivity contribution in [1.82, 2.24) is 0 Å². The fourth-order valence-corrected chi connectivity index (χ4v) is 1.72. The van der Waals surface area contributed by atoms with Crippen molar-refractivity contribution in [1.29, 1.82) is 0 Å². The summed E-state index contributed by atoms with van der Waals surface area (Å²) in [5.41, 5.74) is 0.306. The molecule has 9 nitrogen and oxygen atoms in total. The predicted molar refractivity (Wildman–Crippen MR) is 59.7 cm³/mol. The molecule has 0 bridgehead atoms. The molecule has 1 rings (SSSR count). The van der Waals surface area contributed by atoms with Crippen molar-refractivity contribution in [3.05, 3.63) is 22.9 Å². The Morgan fingerprint density at radius 2 is 1.95 bits per heavy atom. The van der Waals surface area contributed by atoms with Gasteiger partial charge in [0.1, 0.15) is 5.76 Å². The van der Waals surface area contributed by atoms with Gasteiger partial charge in [-0.25, -0.2) is 9.36 Å². The smallest absolute Gasteiger partial charge is 0.509 e. The molecule has 10 heteroatoms. The Bertz CT molecular complexity index is 496. The van der Waals surface area contributed by atoms with E-state index >= 15 is 0 Å². The van der Waals surface area contributed by atoms with Crippen molar-refractivity contribution >= 4 is 13.8 Å². The maximum Gasteiger partial charge on any atom is 0.525 e. The van der Waals surface area contributed by atoms with Crippen LogP contribution >= 0.6 is 7.82 Å². The van der Waals surface area contributed by atoms with Crippen LogP contribution in [0.4, 0.5) is 0 Å². The average molecular weight is 296 g/mol. The standard InChI is InChI=1S/C9H13O9P/c1-3(2)4(10)5(11)7-6(12)8(9(13)17-7)18-19(14,15)16/h5,7,10-12H,1-2H3,(H2,14,15,16)/t5-,7+/m0/s1. The number of ether oxygens (including phenoxy) is 1. The first-order valence-electron chi connectivity index (χ1n) is 4.98. The molecule has 0 radical (unpaired) electrons. The van der Waals surface area contributed by atoms with E-state index < -0.39 is 43.3 Å². The molecule has 0 aromatic carbocycles. The van der Waals surface area contributed by atoms with Crippen LogP contribution in [0.1, 0.15) is 13.8 Å². The Kier molecular flexibility index (Phi) is 4.26. The van der Waals surface area contributed by atoms with Crippen LogP contribution in [0, 0.1) is 0 Å². The highest BCUT2D eigenvalue weighted by Gasteiger charge is 2.44. The van der Waals surface area contributed by atoms with E-state index in [2.05, 4.69) is 9.26 Å². The van der Waals surface area contributed by atoms with Gasteiger partial charge in [0.05, 0.1) is 0 Å². The SMILES string of the molecule is CC(C)=C(O)[C@H](O)[C@H]1OC(=O)C(OP(=O)(O)O)=C1O. The Balaban J connectivity index is 3.06. The molecule has 19 heavy (non-hydrogen) atoms.